The van der Waals surface area contributed by atoms with Crippen LogP contribution in [0.3, 0.4) is 0 Å². The van der Waals surface area contributed by atoms with Gasteiger partial charge in [0.15, 0.2) is 0 Å². The van der Waals surface area contributed by atoms with Crippen molar-refractivity contribution in [2.45, 2.75) is 57.8 Å². The van der Waals surface area contributed by atoms with E-state index in [1.807, 2.05) is 6.92 Å². The summed E-state index contributed by atoms with van der Waals surface area (Å²) in [4.78, 5) is 0. The molecule has 14 heavy (non-hydrogen) atoms. The first kappa shape index (κ1) is 11.8. The Morgan fingerprint density at radius 2 is 1.93 bits per heavy atom. The summed E-state index contributed by atoms with van der Waals surface area (Å²) in [6.07, 6.45) is -1.51. The Morgan fingerprint density at radius 3 is 2.29 bits per heavy atom. The second kappa shape index (κ2) is 4.51. The van der Waals surface area contributed by atoms with Crippen molar-refractivity contribution in [3.63, 3.8) is 0 Å². The molecule has 1 aliphatic rings. The maximum Gasteiger partial charge on any atom is 0.390 e. The zero-order valence-electron chi connectivity index (χ0n) is 8.69. The molecule has 0 aromatic carbocycles. The minimum atomic E-state index is -4.05. The van der Waals surface area contributed by atoms with Crippen molar-refractivity contribution >= 4 is 0 Å². The second-order valence-electron chi connectivity index (χ2n) is 4.24. The van der Waals surface area contributed by atoms with Crippen molar-refractivity contribution < 1.29 is 13.2 Å². The van der Waals surface area contributed by atoms with E-state index in [9.17, 15) is 13.2 Å². The van der Waals surface area contributed by atoms with Crippen LogP contribution in [0, 0.1) is 5.92 Å². The molecular weight excluding hydrogens is 191 g/mol. The van der Waals surface area contributed by atoms with E-state index in [-0.39, 0.29) is 6.04 Å². The average Bonchev–Trinajstić information content (AvgIpc) is 2.78. The molecule has 1 N–H and O–H groups in total. The van der Waals surface area contributed by atoms with E-state index in [0.29, 0.717) is 5.92 Å². The highest BCUT2D eigenvalue weighted by Crippen LogP contribution is 2.34. The van der Waals surface area contributed by atoms with Gasteiger partial charge in [-0.05, 0) is 32.1 Å². The molecule has 0 aromatic heterocycles. The average molecular weight is 209 g/mol. The summed E-state index contributed by atoms with van der Waals surface area (Å²) >= 11 is 0. The third kappa shape index (κ3) is 4.31. The Labute approximate surface area is 83.1 Å². The standard InChI is InChI=1S/C10H18F3N/c1-3-9(8-4-5-8)14-7(2)6-10(11,12)13/h7-9,14H,3-6H2,1-2H3. The molecule has 0 aromatic rings. The summed E-state index contributed by atoms with van der Waals surface area (Å²) in [6, 6.07) is -0.173. The van der Waals surface area contributed by atoms with E-state index >= 15 is 0 Å². The lowest BCUT2D eigenvalue weighted by atomic mass is 10.1. The minimum absolute atomic E-state index is 0.285. The number of hydrogen-bond acceptors (Lipinski definition) is 1. The number of rotatable bonds is 5. The Balaban J connectivity index is 2.27. The van der Waals surface area contributed by atoms with E-state index in [1.165, 1.54) is 12.8 Å². The van der Waals surface area contributed by atoms with Gasteiger partial charge >= 0.3 is 6.18 Å². The highest BCUT2D eigenvalue weighted by Gasteiger charge is 2.34. The molecule has 2 atom stereocenters. The van der Waals surface area contributed by atoms with Crippen molar-refractivity contribution in [1.82, 2.24) is 5.32 Å². The third-order valence-corrected chi connectivity index (χ3v) is 2.67. The van der Waals surface area contributed by atoms with E-state index in [0.717, 1.165) is 6.42 Å². The summed E-state index contributed by atoms with van der Waals surface area (Å²) in [7, 11) is 0. The number of nitrogens with one attached hydrogen (secondary N) is 1. The van der Waals surface area contributed by atoms with Gasteiger partial charge in [-0.1, -0.05) is 6.92 Å². The summed E-state index contributed by atoms with van der Waals surface area (Å²) in [5.74, 6) is 0.621. The molecule has 0 spiro atoms. The molecule has 1 fully saturated rings. The molecule has 0 bridgehead atoms. The van der Waals surface area contributed by atoms with Crippen LogP contribution in [-0.4, -0.2) is 18.3 Å². The molecule has 0 amide bonds. The topological polar surface area (TPSA) is 12.0 Å². The van der Waals surface area contributed by atoms with Crippen LogP contribution in [0.5, 0.6) is 0 Å². The van der Waals surface area contributed by atoms with Crippen molar-refractivity contribution in [3.8, 4) is 0 Å². The minimum Gasteiger partial charge on any atom is -0.311 e. The normalized spacial score (nSPS) is 22.1. The smallest absolute Gasteiger partial charge is 0.311 e. The van der Waals surface area contributed by atoms with Gasteiger partial charge in [-0.3, -0.25) is 0 Å². The van der Waals surface area contributed by atoms with Gasteiger partial charge in [0.2, 0.25) is 0 Å². The van der Waals surface area contributed by atoms with Crippen molar-refractivity contribution in [3.05, 3.63) is 0 Å². The SMILES string of the molecule is CCC(NC(C)CC(F)(F)F)C1CC1. The molecular formula is C10H18F3N. The largest absolute Gasteiger partial charge is 0.390 e. The van der Waals surface area contributed by atoms with Crippen molar-refractivity contribution in [2.75, 3.05) is 0 Å². The predicted octanol–water partition coefficient (Wildman–Crippen LogP) is 3.11. The fourth-order valence-electron chi connectivity index (χ4n) is 1.86. The van der Waals surface area contributed by atoms with Gasteiger partial charge in [-0.2, -0.15) is 13.2 Å². The first-order valence-electron chi connectivity index (χ1n) is 5.25. The highest BCUT2D eigenvalue weighted by atomic mass is 19.4. The number of alkyl halides is 3. The van der Waals surface area contributed by atoms with E-state index in [2.05, 4.69) is 5.32 Å². The second-order valence-corrected chi connectivity index (χ2v) is 4.24. The van der Waals surface area contributed by atoms with Crippen LogP contribution < -0.4 is 5.32 Å². The molecule has 2 unspecified atom stereocenters. The molecule has 4 heteroatoms. The van der Waals surface area contributed by atoms with Crippen LogP contribution in [-0.2, 0) is 0 Å². The first-order valence-corrected chi connectivity index (χ1v) is 5.25. The maximum atomic E-state index is 12.0. The molecule has 0 radical (unpaired) electrons. The number of halogens is 3. The molecule has 1 saturated carbocycles. The molecule has 0 heterocycles. The summed E-state index contributed by atoms with van der Waals surface area (Å²) in [5.41, 5.74) is 0. The quantitative estimate of drug-likeness (QED) is 0.733. The fraction of sp³-hybridized carbons (Fsp3) is 1.00. The van der Waals surface area contributed by atoms with Gasteiger partial charge in [0.1, 0.15) is 0 Å². The zero-order valence-corrected chi connectivity index (χ0v) is 8.69. The Kier molecular flexibility index (Phi) is 3.81. The number of hydrogen-bond donors (Lipinski definition) is 1. The molecule has 1 rings (SSSR count). The van der Waals surface area contributed by atoms with Gasteiger partial charge in [-0.25, -0.2) is 0 Å². The van der Waals surface area contributed by atoms with Crippen LogP contribution >= 0.6 is 0 Å². The van der Waals surface area contributed by atoms with Crippen LogP contribution in [0.15, 0.2) is 0 Å². The monoisotopic (exact) mass is 209 g/mol. The highest BCUT2D eigenvalue weighted by molar-refractivity contribution is 4.87. The lowest BCUT2D eigenvalue weighted by Crippen LogP contribution is -2.40. The van der Waals surface area contributed by atoms with E-state index in [4.69, 9.17) is 0 Å². The van der Waals surface area contributed by atoms with Gasteiger partial charge < -0.3 is 5.32 Å². The Morgan fingerprint density at radius 1 is 1.36 bits per heavy atom. The molecule has 0 aliphatic heterocycles. The van der Waals surface area contributed by atoms with E-state index < -0.39 is 18.6 Å². The van der Waals surface area contributed by atoms with Gasteiger partial charge in [-0.15, -0.1) is 0 Å². The molecule has 1 nitrogen and oxygen atoms in total. The summed E-state index contributed by atoms with van der Waals surface area (Å²) in [6.45, 7) is 3.63. The lowest BCUT2D eigenvalue weighted by Gasteiger charge is -2.22. The van der Waals surface area contributed by atoms with Crippen LogP contribution in [0.2, 0.25) is 0 Å². The van der Waals surface area contributed by atoms with Crippen LogP contribution in [0.1, 0.15) is 39.5 Å². The van der Waals surface area contributed by atoms with Gasteiger partial charge in [0, 0.05) is 12.1 Å². The zero-order chi connectivity index (χ0) is 10.8. The summed E-state index contributed by atoms with van der Waals surface area (Å²) < 4.78 is 36.1. The van der Waals surface area contributed by atoms with Crippen LogP contribution in [0.4, 0.5) is 13.2 Å². The Hall–Kier alpha value is -0.250. The first-order chi connectivity index (χ1) is 6.42. The van der Waals surface area contributed by atoms with Crippen LogP contribution in [0.25, 0.3) is 0 Å². The molecule has 1 aliphatic carbocycles. The third-order valence-electron chi connectivity index (χ3n) is 2.67. The van der Waals surface area contributed by atoms with Gasteiger partial charge in [0.05, 0.1) is 6.42 Å². The summed E-state index contributed by atoms with van der Waals surface area (Å²) in [5, 5.41) is 3.07. The van der Waals surface area contributed by atoms with E-state index in [1.54, 1.807) is 6.92 Å². The lowest BCUT2D eigenvalue weighted by molar-refractivity contribution is -0.139. The van der Waals surface area contributed by atoms with Gasteiger partial charge in [0.25, 0.3) is 0 Å². The van der Waals surface area contributed by atoms with Crippen molar-refractivity contribution in [1.29, 1.82) is 0 Å². The Bertz CT molecular complexity index is 175. The predicted molar refractivity (Wildman–Crippen MR) is 50.1 cm³/mol. The fourth-order valence-corrected chi connectivity index (χ4v) is 1.86. The molecule has 84 valence electrons. The van der Waals surface area contributed by atoms with Crippen molar-refractivity contribution in [2.24, 2.45) is 5.92 Å². The maximum absolute atomic E-state index is 12.0. The molecule has 0 saturated heterocycles.